The van der Waals surface area contributed by atoms with E-state index < -0.39 is 6.16 Å². The SMILES string of the molecule is CCOC(=O)Oc1ccc2nc(NC3CCN(Cc4cc(OCC)c(Cl)c(OCC)c4)CC3)sc2c1. The fraction of sp³-hybridized carbons (Fsp3) is 0.462. The molecule has 1 fully saturated rings. The minimum atomic E-state index is -0.701. The van der Waals surface area contributed by atoms with Gasteiger partial charge in [0.05, 0.1) is 30.0 Å². The number of nitrogens with zero attached hydrogens (tertiary/aromatic N) is 2. The van der Waals surface area contributed by atoms with Crippen molar-refractivity contribution in [3.8, 4) is 17.2 Å². The van der Waals surface area contributed by atoms with E-state index in [0.29, 0.717) is 41.5 Å². The number of carbonyl (C=O) groups is 1. The maximum absolute atomic E-state index is 11.6. The van der Waals surface area contributed by atoms with Crippen LogP contribution in [0.4, 0.5) is 9.93 Å². The van der Waals surface area contributed by atoms with E-state index in [-0.39, 0.29) is 6.61 Å². The monoisotopic (exact) mass is 533 g/mol. The van der Waals surface area contributed by atoms with Crippen molar-refractivity contribution in [2.75, 3.05) is 38.2 Å². The lowest BCUT2D eigenvalue weighted by molar-refractivity contribution is 0.104. The van der Waals surface area contributed by atoms with Crippen LogP contribution < -0.4 is 19.5 Å². The topological polar surface area (TPSA) is 82.2 Å². The van der Waals surface area contributed by atoms with Crippen molar-refractivity contribution in [1.29, 1.82) is 0 Å². The number of thiazole rings is 1. The van der Waals surface area contributed by atoms with E-state index in [9.17, 15) is 4.79 Å². The molecule has 2 aromatic carbocycles. The third-order valence-corrected chi connectivity index (χ3v) is 7.13. The zero-order chi connectivity index (χ0) is 25.5. The van der Waals surface area contributed by atoms with Crippen LogP contribution in [0.5, 0.6) is 17.2 Å². The second kappa shape index (κ2) is 12.5. The number of nitrogens with one attached hydrogen (secondary N) is 1. The van der Waals surface area contributed by atoms with Gasteiger partial charge < -0.3 is 24.3 Å². The number of fused-ring (bicyclic) bond motifs is 1. The number of rotatable bonds is 10. The second-order valence-corrected chi connectivity index (χ2v) is 9.81. The second-order valence-electron chi connectivity index (χ2n) is 8.40. The zero-order valence-corrected chi connectivity index (χ0v) is 22.4. The quantitative estimate of drug-likeness (QED) is 0.238. The predicted molar refractivity (Wildman–Crippen MR) is 143 cm³/mol. The molecule has 0 aliphatic carbocycles. The lowest BCUT2D eigenvalue weighted by atomic mass is 10.0. The average Bonchev–Trinajstić information content (AvgIpc) is 3.25. The summed E-state index contributed by atoms with van der Waals surface area (Å²) in [5, 5.41) is 4.99. The van der Waals surface area contributed by atoms with Gasteiger partial charge in [0.15, 0.2) is 5.13 Å². The molecule has 1 N–H and O–H groups in total. The maximum atomic E-state index is 11.6. The Bertz CT molecular complexity index is 1150. The largest absolute Gasteiger partial charge is 0.513 e. The Balaban J connectivity index is 1.33. The highest BCUT2D eigenvalue weighted by atomic mass is 35.5. The molecule has 3 aromatic rings. The van der Waals surface area contributed by atoms with Crippen molar-refractivity contribution in [3.05, 3.63) is 40.9 Å². The molecule has 0 amide bonds. The molecule has 0 bridgehead atoms. The van der Waals surface area contributed by atoms with Crippen LogP contribution in [-0.4, -0.2) is 55.0 Å². The molecule has 1 aromatic heterocycles. The molecule has 1 aliphatic rings. The van der Waals surface area contributed by atoms with Crippen molar-refractivity contribution in [2.24, 2.45) is 0 Å². The van der Waals surface area contributed by atoms with Crippen LogP contribution in [-0.2, 0) is 11.3 Å². The number of ether oxygens (including phenoxy) is 4. The van der Waals surface area contributed by atoms with Gasteiger partial charge in [-0.15, -0.1) is 0 Å². The number of hydrogen-bond acceptors (Lipinski definition) is 9. The zero-order valence-electron chi connectivity index (χ0n) is 20.8. The van der Waals surface area contributed by atoms with Gasteiger partial charge in [0, 0.05) is 31.7 Å². The summed E-state index contributed by atoms with van der Waals surface area (Å²) in [6.45, 7) is 9.77. The standard InChI is InChI=1S/C26H32ClN3O5S/c1-4-32-21-13-17(14-22(24(21)27)33-5-2)16-30-11-9-18(10-12-30)28-25-29-20-8-7-19(15-23(20)36-25)35-26(31)34-6-3/h7-8,13-15,18H,4-6,9-12,16H2,1-3H3,(H,28,29). The van der Waals surface area contributed by atoms with Gasteiger partial charge >= 0.3 is 6.16 Å². The van der Waals surface area contributed by atoms with Crippen molar-refractivity contribution < 1.29 is 23.7 Å². The number of carbonyl (C=O) groups excluding carboxylic acids is 1. The third-order valence-electron chi connectivity index (χ3n) is 5.81. The van der Waals surface area contributed by atoms with E-state index >= 15 is 0 Å². The average molecular weight is 534 g/mol. The van der Waals surface area contributed by atoms with Crippen LogP contribution in [0, 0.1) is 0 Å². The third kappa shape index (κ3) is 6.72. The molecule has 0 atom stereocenters. The molecule has 8 nitrogen and oxygen atoms in total. The summed E-state index contributed by atoms with van der Waals surface area (Å²) in [6, 6.07) is 9.77. The fourth-order valence-electron chi connectivity index (χ4n) is 4.18. The highest BCUT2D eigenvalue weighted by Crippen LogP contribution is 2.36. The Labute approximate surface area is 220 Å². The number of halogens is 1. The van der Waals surface area contributed by atoms with Crippen LogP contribution in [0.1, 0.15) is 39.2 Å². The Kier molecular flexibility index (Phi) is 9.12. The first-order valence-electron chi connectivity index (χ1n) is 12.3. The molecule has 0 unspecified atom stereocenters. The van der Waals surface area contributed by atoms with Gasteiger partial charge in [-0.25, -0.2) is 9.78 Å². The highest BCUT2D eigenvalue weighted by molar-refractivity contribution is 7.22. The fourth-order valence-corrected chi connectivity index (χ4v) is 5.37. The van der Waals surface area contributed by atoms with Gasteiger partial charge in [-0.3, -0.25) is 4.90 Å². The predicted octanol–water partition coefficient (Wildman–Crippen LogP) is 6.36. The van der Waals surface area contributed by atoms with E-state index in [1.165, 1.54) is 0 Å². The van der Waals surface area contributed by atoms with Gasteiger partial charge in [0.2, 0.25) is 0 Å². The number of anilines is 1. The molecule has 4 rings (SSSR count). The van der Waals surface area contributed by atoms with Crippen molar-refractivity contribution in [1.82, 2.24) is 9.88 Å². The Hall–Kier alpha value is -2.75. The lowest BCUT2D eigenvalue weighted by Gasteiger charge is -2.32. The summed E-state index contributed by atoms with van der Waals surface area (Å²) in [4.78, 5) is 18.7. The van der Waals surface area contributed by atoms with Crippen LogP contribution >= 0.6 is 22.9 Å². The first kappa shape index (κ1) is 26.3. The lowest BCUT2D eigenvalue weighted by Crippen LogP contribution is -2.38. The Morgan fingerprint density at radius 1 is 1.08 bits per heavy atom. The van der Waals surface area contributed by atoms with E-state index in [1.54, 1.807) is 24.3 Å². The van der Waals surface area contributed by atoms with Crippen LogP contribution in [0.25, 0.3) is 10.2 Å². The minimum Gasteiger partial charge on any atom is -0.492 e. The number of piperidine rings is 1. The molecule has 194 valence electrons. The molecule has 10 heteroatoms. The first-order chi connectivity index (χ1) is 17.5. The van der Waals surface area contributed by atoms with Gasteiger partial charge in [-0.05, 0) is 63.4 Å². The normalized spacial score (nSPS) is 14.6. The number of hydrogen-bond donors (Lipinski definition) is 1. The molecule has 1 aliphatic heterocycles. The van der Waals surface area contributed by atoms with Crippen LogP contribution in [0.2, 0.25) is 5.02 Å². The molecule has 0 spiro atoms. The van der Waals surface area contributed by atoms with E-state index in [0.717, 1.165) is 53.4 Å². The summed E-state index contributed by atoms with van der Waals surface area (Å²) in [6.07, 6.45) is 1.32. The molecule has 1 saturated heterocycles. The summed E-state index contributed by atoms with van der Waals surface area (Å²) >= 11 is 8.00. The number of likely N-dealkylation sites (tertiary alicyclic amines) is 1. The van der Waals surface area contributed by atoms with Gasteiger partial charge in [-0.2, -0.15) is 0 Å². The van der Waals surface area contributed by atoms with Crippen LogP contribution in [0.15, 0.2) is 30.3 Å². The van der Waals surface area contributed by atoms with Crippen molar-refractivity contribution in [2.45, 2.75) is 46.2 Å². The molecule has 2 heterocycles. The van der Waals surface area contributed by atoms with Gasteiger partial charge in [0.1, 0.15) is 22.3 Å². The molecule has 0 saturated carbocycles. The molecular formula is C26H32ClN3O5S. The highest BCUT2D eigenvalue weighted by Gasteiger charge is 2.21. The first-order valence-corrected chi connectivity index (χ1v) is 13.5. The van der Waals surface area contributed by atoms with Crippen molar-refractivity contribution in [3.63, 3.8) is 0 Å². The van der Waals surface area contributed by atoms with Crippen molar-refractivity contribution >= 4 is 44.4 Å². The van der Waals surface area contributed by atoms with E-state index in [4.69, 9.17) is 35.5 Å². The Morgan fingerprint density at radius 2 is 1.78 bits per heavy atom. The Morgan fingerprint density at radius 3 is 2.42 bits per heavy atom. The van der Waals surface area contributed by atoms with Gasteiger partial charge in [-0.1, -0.05) is 22.9 Å². The molecule has 0 radical (unpaired) electrons. The smallest absolute Gasteiger partial charge is 0.492 e. The summed E-state index contributed by atoms with van der Waals surface area (Å²) in [7, 11) is 0. The summed E-state index contributed by atoms with van der Waals surface area (Å²) in [5.74, 6) is 1.79. The minimum absolute atomic E-state index is 0.275. The number of benzene rings is 2. The summed E-state index contributed by atoms with van der Waals surface area (Å²) in [5.41, 5.74) is 2.00. The summed E-state index contributed by atoms with van der Waals surface area (Å²) < 4.78 is 22.4. The molecule has 36 heavy (non-hydrogen) atoms. The molecular weight excluding hydrogens is 502 g/mol. The van der Waals surface area contributed by atoms with E-state index in [2.05, 4.69) is 10.2 Å². The number of aromatic nitrogens is 1. The van der Waals surface area contributed by atoms with Gasteiger partial charge in [0.25, 0.3) is 0 Å². The van der Waals surface area contributed by atoms with E-state index in [1.807, 2.05) is 38.1 Å². The van der Waals surface area contributed by atoms with Crippen LogP contribution in [0.3, 0.4) is 0 Å². The maximum Gasteiger partial charge on any atom is 0.513 e.